The summed E-state index contributed by atoms with van der Waals surface area (Å²) in [6, 6.07) is 0. The molecule has 0 rings (SSSR count). The van der Waals surface area contributed by atoms with E-state index in [1.807, 2.05) is 0 Å². The van der Waals surface area contributed by atoms with Crippen LogP contribution in [0.15, 0.2) is 0 Å². The van der Waals surface area contributed by atoms with E-state index in [2.05, 4.69) is 0 Å². The molecule has 0 fully saturated rings. The molecule has 0 aliphatic carbocycles. The Labute approximate surface area is 220 Å². The van der Waals surface area contributed by atoms with E-state index in [9.17, 15) is 0 Å². The Morgan fingerprint density at radius 3 is 0.526 bits per heavy atom. The van der Waals surface area contributed by atoms with Crippen LogP contribution in [0.4, 0.5) is 0 Å². The molecule has 0 aromatic rings. The van der Waals surface area contributed by atoms with Gasteiger partial charge in [0.1, 0.15) is 0 Å². The van der Waals surface area contributed by atoms with Gasteiger partial charge >= 0.3 is 142 Å². The molecule has 0 atom stereocenters. The first-order valence-corrected chi connectivity index (χ1v) is 6.00. The van der Waals surface area contributed by atoms with E-state index >= 15 is 0 Å². The van der Waals surface area contributed by atoms with Crippen molar-refractivity contribution < 1.29 is 134 Å². The SMILES string of the molecule is O=S(=O)([O-])[O-].O=S(=O)([O-])[O-].O=S(=O)([O-])[O-].[Ca+2].[K+].[Mg+2].[Na+]. The molecular weight excluding hydrogens is 415 g/mol. The van der Waals surface area contributed by atoms with Gasteiger partial charge in [-0.2, -0.15) is 0 Å². The van der Waals surface area contributed by atoms with Gasteiger partial charge in [-0.15, -0.1) is 0 Å². The van der Waals surface area contributed by atoms with Crippen molar-refractivity contribution in [2.45, 2.75) is 0 Å². The van der Waals surface area contributed by atoms with Crippen LogP contribution in [0.25, 0.3) is 0 Å². The second kappa shape index (κ2) is 20.3. The first-order chi connectivity index (χ1) is 6.00. The molecule has 0 aromatic heterocycles. The monoisotopic (exact) mass is 414 g/mol. The predicted octanol–water partition coefficient (Wildman–Crippen LogP) is -10.8. The fraction of sp³-hybridized carbons (Fsp3) is 0. The maximum Gasteiger partial charge on any atom is 2.00 e. The summed E-state index contributed by atoms with van der Waals surface area (Å²) in [5.41, 5.74) is 0. The minimum atomic E-state index is -5.17. The van der Waals surface area contributed by atoms with Crippen molar-refractivity contribution in [2.24, 2.45) is 0 Å². The second-order valence-electron chi connectivity index (χ2n) is 1.22. The molecule has 0 N–H and O–H groups in total. The van der Waals surface area contributed by atoms with E-state index in [0.29, 0.717) is 0 Å². The standard InChI is InChI=1S/Ca.K.Mg.Na.3H2O4S/c;;;;3*1-5(2,3)4/h;;;;3*(H2,1,2,3,4)/q+2;+1;+2;+1;;;/p-6. The van der Waals surface area contributed by atoms with Crippen LogP contribution in [0.1, 0.15) is 0 Å². The van der Waals surface area contributed by atoms with Crippen molar-refractivity contribution in [3.8, 4) is 0 Å². The zero-order valence-corrected chi connectivity index (χ0v) is 20.7. The number of rotatable bonds is 0. The maximum atomic E-state index is 8.52. The van der Waals surface area contributed by atoms with Crippen molar-refractivity contribution in [3.63, 3.8) is 0 Å². The maximum absolute atomic E-state index is 8.52. The molecule has 0 spiro atoms. The van der Waals surface area contributed by atoms with E-state index < -0.39 is 31.2 Å². The summed E-state index contributed by atoms with van der Waals surface area (Å²) in [6.07, 6.45) is 0. The summed E-state index contributed by atoms with van der Waals surface area (Å²) < 4.78 is 102. The molecular formula is CaKMgNaO12S3. The Bertz CT molecular complexity index is 354. The molecule has 19 heteroatoms. The van der Waals surface area contributed by atoms with E-state index in [1.54, 1.807) is 0 Å². The van der Waals surface area contributed by atoms with Crippen LogP contribution in [0.5, 0.6) is 0 Å². The van der Waals surface area contributed by atoms with E-state index in [0.717, 1.165) is 0 Å². The molecule has 0 heterocycles. The third kappa shape index (κ3) is 501. The molecule has 0 aromatic carbocycles. The van der Waals surface area contributed by atoms with Crippen LogP contribution >= 0.6 is 0 Å². The van der Waals surface area contributed by atoms with Gasteiger partial charge in [0.2, 0.25) is 0 Å². The van der Waals surface area contributed by atoms with Crippen molar-refractivity contribution in [1.82, 2.24) is 0 Å². The van der Waals surface area contributed by atoms with Gasteiger partial charge in [0.15, 0.2) is 0 Å². The molecule has 0 aliphatic rings. The van der Waals surface area contributed by atoms with Crippen LogP contribution in [0, 0.1) is 0 Å². The van der Waals surface area contributed by atoms with Crippen molar-refractivity contribution >= 4 is 92.0 Å². The zero-order valence-electron chi connectivity index (χ0n) is 9.54. The minimum Gasteiger partial charge on any atom is -0.759 e. The Hall–Kier alpha value is 4.27. The van der Waals surface area contributed by atoms with E-state index in [4.69, 9.17) is 52.6 Å². The first-order valence-electron chi connectivity index (χ1n) is 2.00. The second-order valence-corrected chi connectivity index (χ2v) is 3.67. The Balaban J connectivity index is -0.0000000206. The Kier molecular flexibility index (Phi) is 46.6. The Morgan fingerprint density at radius 1 is 0.526 bits per heavy atom. The molecule has 0 aliphatic heterocycles. The topological polar surface area (TPSA) is 241 Å². The van der Waals surface area contributed by atoms with Crippen LogP contribution < -0.4 is 80.9 Å². The van der Waals surface area contributed by atoms with Gasteiger partial charge in [-0.05, 0) is 0 Å². The van der Waals surface area contributed by atoms with Crippen LogP contribution in [0.2, 0.25) is 0 Å². The molecule has 12 nitrogen and oxygen atoms in total. The summed E-state index contributed by atoms with van der Waals surface area (Å²) in [4.78, 5) is 0. The summed E-state index contributed by atoms with van der Waals surface area (Å²) in [7, 11) is -15.5. The Morgan fingerprint density at radius 2 is 0.526 bits per heavy atom. The largest absolute Gasteiger partial charge is 2.00 e. The van der Waals surface area contributed by atoms with Crippen molar-refractivity contribution in [3.05, 3.63) is 0 Å². The minimum absolute atomic E-state index is 0. The summed E-state index contributed by atoms with van der Waals surface area (Å²) in [6.45, 7) is 0. The summed E-state index contributed by atoms with van der Waals surface area (Å²) in [5, 5.41) is 0. The van der Waals surface area contributed by atoms with Crippen LogP contribution in [-0.4, -0.2) is 113 Å². The van der Waals surface area contributed by atoms with Gasteiger partial charge in [0, 0.05) is 31.2 Å². The third-order valence-corrected chi connectivity index (χ3v) is 0. The fourth-order valence-electron chi connectivity index (χ4n) is 0. The number of hydrogen-bond donors (Lipinski definition) is 0. The molecule has 0 unspecified atom stereocenters. The fourth-order valence-corrected chi connectivity index (χ4v) is 0. The quantitative estimate of drug-likeness (QED) is 0.204. The smallest absolute Gasteiger partial charge is 0.759 e. The average molecular weight is 415 g/mol. The van der Waals surface area contributed by atoms with Crippen molar-refractivity contribution in [2.75, 3.05) is 0 Å². The molecule has 0 saturated heterocycles. The van der Waals surface area contributed by atoms with Gasteiger partial charge in [-0.1, -0.05) is 0 Å². The van der Waals surface area contributed by atoms with E-state index in [-0.39, 0.29) is 142 Å². The number of hydrogen-bond acceptors (Lipinski definition) is 12. The van der Waals surface area contributed by atoms with Gasteiger partial charge in [-0.3, -0.25) is 25.3 Å². The molecule has 0 radical (unpaired) electrons. The molecule has 0 bridgehead atoms. The average Bonchev–Trinajstić information content (AvgIpc) is 1.41. The normalized spacial score (nSPS) is 9.16. The van der Waals surface area contributed by atoms with Crippen LogP contribution in [-0.2, 0) is 31.2 Å². The van der Waals surface area contributed by atoms with Gasteiger partial charge in [0.05, 0.1) is 0 Å². The van der Waals surface area contributed by atoms with E-state index in [1.165, 1.54) is 0 Å². The zero-order chi connectivity index (χ0) is 13.5. The summed E-state index contributed by atoms with van der Waals surface area (Å²) in [5.74, 6) is 0. The molecule has 19 heavy (non-hydrogen) atoms. The van der Waals surface area contributed by atoms with Gasteiger partial charge in [0.25, 0.3) is 0 Å². The first kappa shape index (κ1) is 43.6. The van der Waals surface area contributed by atoms with Gasteiger partial charge < -0.3 is 27.3 Å². The molecule has 96 valence electrons. The summed E-state index contributed by atoms with van der Waals surface area (Å²) >= 11 is 0. The van der Waals surface area contributed by atoms with Gasteiger partial charge in [-0.25, -0.2) is 0 Å². The molecule has 0 amide bonds. The van der Waals surface area contributed by atoms with Crippen LogP contribution in [0.3, 0.4) is 0 Å². The van der Waals surface area contributed by atoms with Crippen molar-refractivity contribution in [1.29, 1.82) is 0 Å². The predicted molar refractivity (Wildman–Crippen MR) is 42.9 cm³/mol. The molecule has 0 saturated carbocycles. The third-order valence-electron chi connectivity index (χ3n) is 0.